The number of esters is 1. The van der Waals surface area contributed by atoms with Crippen LogP contribution in [0.25, 0.3) is 34.0 Å². The Bertz CT molecular complexity index is 1520. The van der Waals surface area contributed by atoms with Crippen LogP contribution in [0.3, 0.4) is 0 Å². The highest BCUT2D eigenvalue weighted by atomic mass is 35.5. The number of ether oxygens (including phenoxy) is 2. The van der Waals surface area contributed by atoms with Gasteiger partial charge in [-0.05, 0) is 63.2 Å². The summed E-state index contributed by atoms with van der Waals surface area (Å²) in [6, 6.07) is 14.6. The van der Waals surface area contributed by atoms with Crippen LogP contribution in [-0.4, -0.2) is 47.3 Å². The van der Waals surface area contributed by atoms with Gasteiger partial charge in [0.1, 0.15) is 17.2 Å². The Hall–Kier alpha value is -3.66. The number of likely N-dealkylation sites (N-methyl/N-ethyl adjacent to an activating group) is 1. The Labute approximate surface area is 236 Å². The summed E-state index contributed by atoms with van der Waals surface area (Å²) in [5, 5.41) is 4.05. The summed E-state index contributed by atoms with van der Waals surface area (Å²) >= 11 is 6.21. The molecule has 0 amide bonds. The number of methoxy groups -OCH3 is 1. The minimum atomic E-state index is -0.587. The summed E-state index contributed by atoms with van der Waals surface area (Å²) in [6.45, 7) is 5.87. The molecule has 0 unspecified atom stereocenters. The molecule has 4 aromatic rings. The van der Waals surface area contributed by atoms with E-state index in [4.69, 9.17) is 25.6 Å². The SMILES string of the molecule is COCc1cc(-c2nc(-c3ccc(CN(C)CC(=O)OC(C)(C)C)c(F)c3)no2)ccc1-c1cccc(F)c1Cl. The smallest absolute Gasteiger partial charge is 0.320 e. The molecule has 10 heteroatoms. The van der Waals surface area contributed by atoms with E-state index in [-0.39, 0.29) is 42.4 Å². The number of carbonyl (C=O) groups is 1. The lowest BCUT2D eigenvalue weighted by Gasteiger charge is -2.22. The molecule has 0 bridgehead atoms. The van der Waals surface area contributed by atoms with Crippen LogP contribution in [-0.2, 0) is 27.4 Å². The summed E-state index contributed by atoms with van der Waals surface area (Å²) in [6.07, 6.45) is 0. The predicted octanol–water partition coefficient (Wildman–Crippen LogP) is 6.92. The van der Waals surface area contributed by atoms with Crippen molar-refractivity contribution in [3.8, 4) is 34.0 Å². The van der Waals surface area contributed by atoms with Gasteiger partial charge in [-0.3, -0.25) is 9.69 Å². The van der Waals surface area contributed by atoms with Crippen molar-refractivity contribution in [2.75, 3.05) is 20.7 Å². The molecule has 0 N–H and O–H groups in total. The molecule has 0 aliphatic carbocycles. The van der Waals surface area contributed by atoms with Gasteiger partial charge >= 0.3 is 5.97 Å². The third-order valence-corrected chi connectivity index (χ3v) is 6.27. The zero-order valence-electron chi connectivity index (χ0n) is 22.9. The van der Waals surface area contributed by atoms with E-state index in [1.54, 1.807) is 76.2 Å². The zero-order valence-corrected chi connectivity index (χ0v) is 23.7. The zero-order chi connectivity index (χ0) is 29.0. The Kier molecular flexibility index (Phi) is 8.98. The van der Waals surface area contributed by atoms with Gasteiger partial charge in [-0.2, -0.15) is 4.98 Å². The molecule has 210 valence electrons. The number of rotatable bonds is 9. The van der Waals surface area contributed by atoms with E-state index in [2.05, 4.69) is 10.1 Å². The van der Waals surface area contributed by atoms with E-state index < -0.39 is 17.2 Å². The molecular formula is C30H30ClF2N3O4. The monoisotopic (exact) mass is 569 g/mol. The van der Waals surface area contributed by atoms with Gasteiger partial charge in [-0.25, -0.2) is 8.78 Å². The average Bonchev–Trinajstić information content (AvgIpc) is 3.36. The molecule has 4 rings (SSSR count). The van der Waals surface area contributed by atoms with Crippen LogP contribution in [0.5, 0.6) is 0 Å². The topological polar surface area (TPSA) is 77.7 Å². The van der Waals surface area contributed by atoms with Gasteiger partial charge in [0.05, 0.1) is 18.2 Å². The van der Waals surface area contributed by atoms with Crippen LogP contribution in [0.1, 0.15) is 31.9 Å². The fourth-order valence-corrected chi connectivity index (χ4v) is 4.42. The maximum atomic E-state index is 15.0. The molecule has 3 aromatic carbocycles. The first kappa shape index (κ1) is 29.3. The van der Waals surface area contributed by atoms with Crippen molar-refractivity contribution in [2.45, 2.75) is 39.5 Å². The van der Waals surface area contributed by atoms with Crippen LogP contribution in [0.2, 0.25) is 5.02 Å². The molecule has 0 spiro atoms. The van der Waals surface area contributed by atoms with Crippen LogP contribution in [0.15, 0.2) is 59.1 Å². The highest BCUT2D eigenvalue weighted by molar-refractivity contribution is 6.33. The fraction of sp³-hybridized carbons (Fsp3) is 0.300. The van der Waals surface area contributed by atoms with Crippen LogP contribution < -0.4 is 0 Å². The molecule has 40 heavy (non-hydrogen) atoms. The van der Waals surface area contributed by atoms with Gasteiger partial charge in [0.25, 0.3) is 5.89 Å². The third kappa shape index (κ3) is 7.10. The molecule has 0 atom stereocenters. The van der Waals surface area contributed by atoms with Gasteiger partial charge < -0.3 is 14.0 Å². The van der Waals surface area contributed by atoms with Gasteiger partial charge in [-0.15, -0.1) is 0 Å². The van der Waals surface area contributed by atoms with Crippen LogP contribution in [0, 0.1) is 11.6 Å². The average molecular weight is 570 g/mol. The van der Waals surface area contributed by atoms with Crippen molar-refractivity contribution in [2.24, 2.45) is 0 Å². The van der Waals surface area contributed by atoms with Gasteiger partial charge in [0.2, 0.25) is 5.82 Å². The molecule has 7 nitrogen and oxygen atoms in total. The molecule has 0 aliphatic heterocycles. The summed E-state index contributed by atoms with van der Waals surface area (Å²) in [7, 11) is 3.27. The minimum absolute atomic E-state index is 0.0224. The Morgan fingerprint density at radius 2 is 1.75 bits per heavy atom. The lowest BCUT2D eigenvalue weighted by Crippen LogP contribution is -2.32. The second-order valence-corrected chi connectivity index (χ2v) is 10.8. The number of aromatic nitrogens is 2. The highest BCUT2D eigenvalue weighted by Crippen LogP contribution is 2.35. The van der Waals surface area contributed by atoms with Crippen LogP contribution in [0.4, 0.5) is 8.78 Å². The Morgan fingerprint density at radius 3 is 2.45 bits per heavy atom. The first-order valence-electron chi connectivity index (χ1n) is 12.5. The molecule has 0 radical (unpaired) electrons. The van der Waals surface area contributed by atoms with Crippen molar-refractivity contribution in [1.82, 2.24) is 15.0 Å². The number of hydrogen-bond donors (Lipinski definition) is 0. The van der Waals surface area contributed by atoms with Gasteiger partial charge in [-0.1, -0.05) is 47.1 Å². The van der Waals surface area contributed by atoms with E-state index in [0.717, 1.165) is 5.56 Å². The molecule has 1 heterocycles. The van der Waals surface area contributed by atoms with E-state index in [0.29, 0.717) is 27.8 Å². The quantitative estimate of drug-likeness (QED) is 0.202. The first-order chi connectivity index (χ1) is 18.9. The predicted molar refractivity (Wildman–Crippen MR) is 148 cm³/mol. The first-order valence-corrected chi connectivity index (χ1v) is 12.9. The molecular weight excluding hydrogens is 540 g/mol. The van der Waals surface area contributed by atoms with Crippen LogP contribution >= 0.6 is 11.6 Å². The number of halogens is 3. The maximum Gasteiger partial charge on any atom is 0.320 e. The molecule has 0 aliphatic rings. The Balaban J connectivity index is 1.53. The summed E-state index contributed by atoms with van der Waals surface area (Å²) < 4.78 is 45.2. The fourth-order valence-electron chi connectivity index (χ4n) is 4.19. The molecule has 0 saturated heterocycles. The minimum Gasteiger partial charge on any atom is -0.459 e. The third-order valence-electron chi connectivity index (χ3n) is 5.89. The second-order valence-electron chi connectivity index (χ2n) is 10.4. The second kappa shape index (κ2) is 12.2. The lowest BCUT2D eigenvalue weighted by molar-refractivity contribution is -0.155. The normalized spacial score (nSPS) is 11.7. The lowest BCUT2D eigenvalue weighted by atomic mass is 9.97. The van der Waals surface area contributed by atoms with Crippen molar-refractivity contribution >= 4 is 17.6 Å². The molecule has 1 aromatic heterocycles. The largest absolute Gasteiger partial charge is 0.459 e. The van der Waals surface area contributed by atoms with E-state index in [1.165, 1.54) is 12.1 Å². The maximum absolute atomic E-state index is 15.0. The summed E-state index contributed by atoms with van der Waals surface area (Å²) in [5.74, 6) is -0.911. The van der Waals surface area contributed by atoms with E-state index in [1.807, 2.05) is 6.07 Å². The van der Waals surface area contributed by atoms with E-state index >= 15 is 0 Å². The van der Waals surface area contributed by atoms with Crippen molar-refractivity contribution < 1.29 is 27.6 Å². The molecule has 0 fully saturated rings. The summed E-state index contributed by atoms with van der Waals surface area (Å²) in [5.41, 5.74) is 2.88. The van der Waals surface area contributed by atoms with Gasteiger partial charge in [0.15, 0.2) is 0 Å². The number of nitrogens with zero attached hydrogens (tertiary/aromatic N) is 3. The van der Waals surface area contributed by atoms with Crippen molar-refractivity contribution in [3.05, 3.63) is 82.4 Å². The Morgan fingerprint density at radius 1 is 1.00 bits per heavy atom. The molecule has 0 saturated carbocycles. The highest BCUT2D eigenvalue weighted by Gasteiger charge is 2.20. The number of benzene rings is 3. The summed E-state index contributed by atoms with van der Waals surface area (Å²) in [4.78, 5) is 18.2. The number of hydrogen-bond acceptors (Lipinski definition) is 7. The standard InChI is InChI=1S/C30H30ClF2N3O4/c1-30(2,3)39-26(37)16-36(4)15-20-10-9-18(14-25(20)33)28-34-29(40-35-28)19-11-12-22(21(13-19)17-38-5)23-7-6-8-24(32)27(23)31/h6-14H,15-17H2,1-5H3. The number of carbonyl (C=O) groups excluding carboxylic acids is 1. The van der Waals surface area contributed by atoms with Crippen molar-refractivity contribution in [1.29, 1.82) is 0 Å². The van der Waals surface area contributed by atoms with Crippen molar-refractivity contribution in [3.63, 3.8) is 0 Å². The van der Waals surface area contributed by atoms with E-state index in [9.17, 15) is 13.6 Å². The van der Waals surface area contributed by atoms with Gasteiger partial charge in [0, 0.05) is 35.9 Å².